The number of rotatable bonds is 3. The molecule has 0 aliphatic rings. The van der Waals surface area contributed by atoms with Crippen LogP contribution in [0.1, 0.15) is 0 Å². The van der Waals surface area contributed by atoms with Gasteiger partial charge in [-0.05, 0) is 24.3 Å². The van der Waals surface area contributed by atoms with Crippen LogP contribution >= 0.6 is 0 Å². The van der Waals surface area contributed by atoms with E-state index in [9.17, 15) is 14.9 Å². The minimum Gasteiger partial charge on any atom is -0.306 e. The van der Waals surface area contributed by atoms with E-state index in [4.69, 9.17) is 0 Å². The van der Waals surface area contributed by atoms with Crippen LogP contribution < -0.4 is 5.56 Å². The molecule has 1 N–H and O–H groups in total. The maximum Gasteiger partial charge on any atom is 0.269 e. The Morgan fingerprint density at radius 2 is 1.68 bits per heavy atom. The smallest absolute Gasteiger partial charge is 0.269 e. The predicted molar refractivity (Wildman–Crippen MR) is 80.2 cm³/mol. The van der Waals surface area contributed by atoms with Crippen LogP contribution in [0.2, 0.25) is 0 Å². The Labute approximate surface area is 124 Å². The van der Waals surface area contributed by atoms with Gasteiger partial charge in [-0.25, -0.2) is 4.98 Å². The number of benzene rings is 1. The van der Waals surface area contributed by atoms with Crippen LogP contribution in [-0.4, -0.2) is 19.9 Å². The molecular weight excluding hydrogens is 284 g/mol. The molecule has 3 aromatic rings. The first kappa shape index (κ1) is 13.6. The fourth-order valence-corrected chi connectivity index (χ4v) is 2.01. The number of H-pyrrole nitrogens is 1. The first-order chi connectivity index (χ1) is 10.6. The number of hydrogen-bond donors (Lipinski definition) is 1. The Hall–Kier alpha value is -3.35. The van der Waals surface area contributed by atoms with Gasteiger partial charge in [0.1, 0.15) is 5.82 Å². The van der Waals surface area contributed by atoms with Crippen molar-refractivity contribution in [2.24, 2.45) is 0 Å². The van der Waals surface area contributed by atoms with Crippen molar-refractivity contribution in [2.75, 3.05) is 0 Å². The lowest BCUT2D eigenvalue weighted by molar-refractivity contribution is -0.384. The number of nitro groups is 1. The molecule has 7 heteroatoms. The third kappa shape index (κ3) is 2.73. The summed E-state index contributed by atoms with van der Waals surface area (Å²) in [4.78, 5) is 33.0. The van der Waals surface area contributed by atoms with E-state index in [-0.39, 0.29) is 11.2 Å². The molecule has 0 unspecified atom stereocenters. The zero-order chi connectivity index (χ0) is 15.5. The van der Waals surface area contributed by atoms with Crippen molar-refractivity contribution in [1.29, 1.82) is 0 Å². The molecule has 0 bridgehead atoms. The van der Waals surface area contributed by atoms with Crippen molar-refractivity contribution in [2.45, 2.75) is 0 Å². The highest BCUT2D eigenvalue weighted by Crippen LogP contribution is 2.21. The summed E-state index contributed by atoms with van der Waals surface area (Å²) in [5.41, 5.74) is 1.56. The van der Waals surface area contributed by atoms with Crippen LogP contribution in [0.25, 0.3) is 22.6 Å². The van der Waals surface area contributed by atoms with Gasteiger partial charge < -0.3 is 4.98 Å². The van der Waals surface area contributed by atoms with E-state index < -0.39 is 4.92 Å². The summed E-state index contributed by atoms with van der Waals surface area (Å²) >= 11 is 0. The molecule has 0 amide bonds. The second-order valence-corrected chi connectivity index (χ2v) is 4.52. The number of aromatic amines is 1. The Balaban J connectivity index is 2.06. The van der Waals surface area contributed by atoms with Gasteiger partial charge in [-0.2, -0.15) is 0 Å². The molecule has 0 aliphatic carbocycles. The van der Waals surface area contributed by atoms with Crippen LogP contribution in [0.3, 0.4) is 0 Å². The molecule has 0 fully saturated rings. The summed E-state index contributed by atoms with van der Waals surface area (Å²) < 4.78 is 0. The molecule has 7 nitrogen and oxygen atoms in total. The summed E-state index contributed by atoms with van der Waals surface area (Å²) in [5, 5.41) is 10.7. The Bertz CT molecular complexity index is 873. The molecule has 0 saturated carbocycles. The van der Waals surface area contributed by atoms with Gasteiger partial charge in [-0.3, -0.25) is 19.9 Å². The third-order valence-corrected chi connectivity index (χ3v) is 3.07. The minimum atomic E-state index is -0.479. The quantitative estimate of drug-likeness (QED) is 0.590. The molecule has 2 aromatic heterocycles. The van der Waals surface area contributed by atoms with Gasteiger partial charge >= 0.3 is 0 Å². The third-order valence-electron chi connectivity index (χ3n) is 3.07. The van der Waals surface area contributed by atoms with Gasteiger partial charge in [-0.15, -0.1) is 0 Å². The maximum atomic E-state index is 11.8. The van der Waals surface area contributed by atoms with Crippen molar-refractivity contribution in [3.05, 3.63) is 75.3 Å². The van der Waals surface area contributed by atoms with Crippen LogP contribution in [-0.2, 0) is 0 Å². The monoisotopic (exact) mass is 294 g/mol. The minimum absolute atomic E-state index is 0.0172. The summed E-state index contributed by atoms with van der Waals surface area (Å²) in [6.07, 6.45) is 3.23. The lowest BCUT2D eigenvalue weighted by Crippen LogP contribution is -2.08. The molecule has 0 aliphatic heterocycles. The predicted octanol–water partition coefficient (Wildman–Crippen LogP) is 2.41. The molecule has 2 heterocycles. The molecule has 0 spiro atoms. The van der Waals surface area contributed by atoms with Gasteiger partial charge in [0.05, 0.1) is 10.6 Å². The van der Waals surface area contributed by atoms with Crippen molar-refractivity contribution < 1.29 is 4.92 Å². The van der Waals surface area contributed by atoms with E-state index in [1.54, 1.807) is 36.7 Å². The van der Waals surface area contributed by atoms with Gasteiger partial charge in [0.25, 0.3) is 11.2 Å². The van der Waals surface area contributed by atoms with E-state index in [1.165, 1.54) is 18.2 Å². The van der Waals surface area contributed by atoms with Gasteiger partial charge in [0, 0.05) is 41.7 Å². The zero-order valence-corrected chi connectivity index (χ0v) is 11.3. The first-order valence-electron chi connectivity index (χ1n) is 6.40. The Kier molecular flexibility index (Phi) is 3.45. The average Bonchev–Trinajstić information content (AvgIpc) is 2.55. The van der Waals surface area contributed by atoms with Crippen LogP contribution in [0.15, 0.2) is 59.7 Å². The SMILES string of the molecule is O=c1cc(-c2ccncc2)nc(-c2ccc([N+](=O)[O-])cc2)[nH]1. The fourth-order valence-electron chi connectivity index (χ4n) is 2.01. The van der Waals surface area contributed by atoms with Crippen LogP contribution in [0, 0.1) is 10.1 Å². The highest BCUT2D eigenvalue weighted by Gasteiger charge is 2.09. The summed E-state index contributed by atoms with van der Waals surface area (Å²) in [6, 6.07) is 10.7. The second kappa shape index (κ2) is 5.57. The largest absolute Gasteiger partial charge is 0.306 e. The van der Waals surface area contributed by atoms with Gasteiger partial charge in [0.2, 0.25) is 0 Å². The van der Waals surface area contributed by atoms with E-state index in [1.807, 2.05) is 0 Å². The Morgan fingerprint density at radius 3 is 2.32 bits per heavy atom. The topological polar surface area (TPSA) is 102 Å². The molecule has 108 valence electrons. The molecule has 0 radical (unpaired) electrons. The van der Waals surface area contributed by atoms with Gasteiger partial charge in [-0.1, -0.05) is 0 Å². The van der Waals surface area contributed by atoms with E-state index in [0.29, 0.717) is 17.1 Å². The molecule has 0 saturated heterocycles. The number of non-ortho nitro benzene ring substituents is 1. The molecule has 22 heavy (non-hydrogen) atoms. The first-order valence-corrected chi connectivity index (χ1v) is 6.40. The fraction of sp³-hybridized carbons (Fsp3) is 0. The van der Waals surface area contributed by atoms with Crippen molar-refractivity contribution >= 4 is 5.69 Å². The summed E-state index contributed by atoms with van der Waals surface area (Å²) in [5.74, 6) is 0.356. The van der Waals surface area contributed by atoms with Crippen molar-refractivity contribution in [3.8, 4) is 22.6 Å². The number of nitrogens with zero attached hydrogens (tertiary/aromatic N) is 3. The number of nitro benzene ring substituents is 1. The number of aromatic nitrogens is 3. The van der Waals surface area contributed by atoms with Crippen LogP contribution in [0.4, 0.5) is 5.69 Å². The van der Waals surface area contributed by atoms with Crippen LogP contribution in [0.5, 0.6) is 0 Å². The van der Waals surface area contributed by atoms with Gasteiger partial charge in [0.15, 0.2) is 0 Å². The number of pyridine rings is 1. The van der Waals surface area contributed by atoms with E-state index in [0.717, 1.165) is 5.56 Å². The highest BCUT2D eigenvalue weighted by atomic mass is 16.6. The summed E-state index contributed by atoms with van der Waals surface area (Å²) in [7, 11) is 0. The number of hydrogen-bond acceptors (Lipinski definition) is 5. The molecule has 0 atom stereocenters. The lowest BCUT2D eigenvalue weighted by Gasteiger charge is -2.04. The average molecular weight is 294 g/mol. The van der Waals surface area contributed by atoms with Crippen molar-refractivity contribution in [3.63, 3.8) is 0 Å². The van der Waals surface area contributed by atoms with Crippen molar-refractivity contribution in [1.82, 2.24) is 15.0 Å². The molecule has 3 rings (SSSR count). The highest BCUT2D eigenvalue weighted by molar-refractivity contribution is 5.63. The van der Waals surface area contributed by atoms with E-state index >= 15 is 0 Å². The lowest BCUT2D eigenvalue weighted by atomic mass is 10.1. The van der Waals surface area contributed by atoms with E-state index in [2.05, 4.69) is 15.0 Å². The zero-order valence-electron chi connectivity index (χ0n) is 11.3. The normalized spacial score (nSPS) is 10.4. The summed E-state index contributed by atoms with van der Waals surface area (Å²) in [6.45, 7) is 0. The second-order valence-electron chi connectivity index (χ2n) is 4.52. The molecular formula is C15H10N4O3. The molecule has 1 aromatic carbocycles. The Morgan fingerprint density at radius 1 is 1.00 bits per heavy atom. The maximum absolute atomic E-state index is 11.8. The number of nitrogens with one attached hydrogen (secondary N) is 1. The standard InChI is InChI=1S/C15H10N4O3/c20-14-9-13(10-5-7-16-8-6-10)17-15(18-14)11-1-3-12(4-2-11)19(21)22/h1-9H,(H,17,18,20).